The highest BCUT2D eigenvalue weighted by Gasteiger charge is 2.12. The van der Waals surface area contributed by atoms with Crippen LogP contribution in [-0.2, 0) is 11.3 Å². The van der Waals surface area contributed by atoms with Crippen molar-refractivity contribution in [3.63, 3.8) is 0 Å². The summed E-state index contributed by atoms with van der Waals surface area (Å²) in [7, 11) is 0. The van der Waals surface area contributed by atoms with Gasteiger partial charge >= 0.3 is 5.69 Å². The summed E-state index contributed by atoms with van der Waals surface area (Å²) in [5.74, 6) is 0.660. The molecular formula is C29H29N5O3. The third-order valence-electron chi connectivity index (χ3n) is 5.93. The fraction of sp³-hybridized carbons (Fsp3) is 0.172. The number of aromatic nitrogens is 3. The molecule has 37 heavy (non-hydrogen) atoms. The highest BCUT2D eigenvalue weighted by molar-refractivity contribution is 5.84. The zero-order valence-electron chi connectivity index (χ0n) is 20.4. The van der Waals surface area contributed by atoms with E-state index >= 15 is 0 Å². The minimum absolute atomic E-state index is 0.216. The Morgan fingerprint density at radius 3 is 2.65 bits per heavy atom. The van der Waals surface area contributed by atoms with Crippen molar-refractivity contribution in [2.75, 3.05) is 31.7 Å². The molecule has 0 spiro atoms. The number of anilines is 1. The number of nitrogens with one attached hydrogen (secondary N) is 2. The quantitative estimate of drug-likeness (QED) is 0.235. The molecule has 5 rings (SSSR count). The zero-order valence-corrected chi connectivity index (χ0v) is 20.4. The van der Waals surface area contributed by atoms with Crippen LogP contribution in [0.25, 0.3) is 27.8 Å². The Kier molecular flexibility index (Phi) is 7.59. The number of hydrogen-bond donors (Lipinski definition) is 3. The van der Waals surface area contributed by atoms with E-state index in [1.54, 1.807) is 4.57 Å². The first-order valence-electron chi connectivity index (χ1n) is 12.2. The molecule has 3 aromatic carbocycles. The molecule has 8 heteroatoms. The summed E-state index contributed by atoms with van der Waals surface area (Å²) in [6.45, 7) is 2.53. The number of nitrogens with two attached hydrogens (primary N) is 1. The van der Waals surface area contributed by atoms with Crippen molar-refractivity contribution in [1.29, 1.82) is 0 Å². The molecule has 2 aromatic heterocycles. The van der Waals surface area contributed by atoms with Crippen molar-refractivity contribution in [2.45, 2.75) is 6.54 Å². The number of rotatable bonds is 11. The van der Waals surface area contributed by atoms with Gasteiger partial charge in [-0.1, -0.05) is 42.5 Å². The summed E-state index contributed by atoms with van der Waals surface area (Å²) in [6.07, 6.45) is 3.63. The molecule has 8 nitrogen and oxygen atoms in total. The Hall–Kier alpha value is -4.40. The smallest absolute Gasteiger partial charge is 0.331 e. The first-order chi connectivity index (χ1) is 18.2. The molecule has 4 N–H and O–H groups in total. The van der Waals surface area contributed by atoms with E-state index in [1.807, 2.05) is 73.1 Å². The second-order valence-electron chi connectivity index (χ2n) is 8.55. The van der Waals surface area contributed by atoms with Crippen LogP contribution in [0, 0.1) is 0 Å². The Morgan fingerprint density at radius 2 is 1.78 bits per heavy atom. The Labute approximate surface area is 214 Å². The number of aromatic amines is 1. The zero-order chi connectivity index (χ0) is 25.5. The Morgan fingerprint density at radius 1 is 0.892 bits per heavy atom. The maximum absolute atomic E-state index is 12.9. The van der Waals surface area contributed by atoms with Gasteiger partial charge in [0.1, 0.15) is 12.4 Å². The lowest BCUT2D eigenvalue weighted by atomic mass is 10.1. The van der Waals surface area contributed by atoms with Gasteiger partial charge in [0.15, 0.2) is 0 Å². The summed E-state index contributed by atoms with van der Waals surface area (Å²) in [6, 6.07) is 25.6. The minimum atomic E-state index is -0.216. The second-order valence-corrected chi connectivity index (χ2v) is 8.55. The first-order valence-corrected chi connectivity index (χ1v) is 12.2. The highest BCUT2D eigenvalue weighted by Crippen LogP contribution is 2.27. The van der Waals surface area contributed by atoms with Crippen LogP contribution in [0.2, 0.25) is 0 Å². The minimum Gasteiger partial charge on any atom is -0.491 e. The third-order valence-corrected chi connectivity index (χ3v) is 5.93. The number of hydrogen-bond acceptors (Lipinski definition) is 6. The van der Waals surface area contributed by atoms with Crippen LogP contribution in [0.1, 0.15) is 5.56 Å². The van der Waals surface area contributed by atoms with Crippen molar-refractivity contribution in [3.8, 4) is 22.6 Å². The van der Waals surface area contributed by atoms with E-state index in [0.717, 1.165) is 27.8 Å². The summed E-state index contributed by atoms with van der Waals surface area (Å²) in [5.41, 5.74) is 11.5. The van der Waals surface area contributed by atoms with Crippen LogP contribution in [0.5, 0.6) is 5.75 Å². The molecule has 0 aliphatic rings. The molecule has 0 unspecified atom stereocenters. The van der Waals surface area contributed by atoms with Gasteiger partial charge in [-0.05, 0) is 41.5 Å². The lowest BCUT2D eigenvalue weighted by Gasteiger charge is -2.10. The summed E-state index contributed by atoms with van der Waals surface area (Å²) in [4.78, 5) is 20.3. The fourth-order valence-electron chi connectivity index (χ4n) is 4.15. The number of benzene rings is 3. The van der Waals surface area contributed by atoms with Crippen molar-refractivity contribution in [2.24, 2.45) is 5.73 Å². The summed E-state index contributed by atoms with van der Waals surface area (Å²) >= 11 is 0. The molecule has 188 valence electrons. The van der Waals surface area contributed by atoms with Crippen molar-refractivity contribution < 1.29 is 9.47 Å². The molecule has 5 aromatic rings. The van der Waals surface area contributed by atoms with Gasteiger partial charge in [0, 0.05) is 37.1 Å². The number of ether oxygens (including phenoxy) is 2. The summed E-state index contributed by atoms with van der Waals surface area (Å²) < 4.78 is 12.8. The van der Waals surface area contributed by atoms with E-state index in [4.69, 9.17) is 15.2 Å². The second kappa shape index (κ2) is 11.6. The highest BCUT2D eigenvalue weighted by atomic mass is 16.5. The van der Waals surface area contributed by atoms with Gasteiger partial charge < -0.3 is 25.5 Å². The van der Waals surface area contributed by atoms with E-state index in [-0.39, 0.29) is 5.69 Å². The van der Waals surface area contributed by atoms with Crippen LogP contribution in [0.15, 0.2) is 96.1 Å². The van der Waals surface area contributed by atoms with Crippen LogP contribution >= 0.6 is 0 Å². The van der Waals surface area contributed by atoms with Crippen molar-refractivity contribution in [1.82, 2.24) is 14.5 Å². The van der Waals surface area contributed by atoms with Crippen LogP contribution in [0.4, 0.5) is 5.69 Å². The SMILES string of the molecule is NCCOCCOc1cccc(-n2c(=O)[nH]c3ccc(-c4cncc(NCc5ccccc5)c4)cc32)c1. The molecule has 0 amide bonds. The van der Waals surface area contributed by atoms with E-state index in [9.17, 15) is 4.79 Å². The predicted octanol–water partition coefficient (Wildman–Crippen LogP) is 4.35. The van der Waals surface area contributed by atoms with Crippen molar-refractivity contribution in [3.05, 3.63) is 107 Å². The normalized spacial score (nSPS) is 11.1. The lowest BCUT2D eigenvalue weighted by molar-refractivity contribution is 0.106. The first kappa shape index (κ1) is 24.3. The Balaban J connectivity index is 1.39. The van der Waals surface area contributed by atoms with Crippen LogP contribution in [0.3, 0.4) is 0 Å². The standard InChI is InChI=1S/C29H29N5O3/c30-11-12-36-13-14-37-26-8-4-7-25(17-26)34-28-16-22(9-10-27(28)33-29(34)35)23-15-24(20-31-19-23)32-18-21-5-2-1-3-6-21/h1-10,15-17,19-20,32H,11-14,18,30H2,(H,33,35). The van der Waals surface area contributed by atoms with Crippen LogP contribution < -0.4 is 21.5 Å². The number of H-pyrrole nitrogens is 1. The van der Waals surface area contributed by atoms with Gasteiger partial charge in [0.2, 0.25) is 0 Å². The molecule has 0 aliphatic carbocycles. The van der Waals surface area contributed by atoms with Crippen LogP contribution in [-0.4, -0.2) is 40.9 Å². The lowest BCUT2D eigenvalue weighted by Crippen LogP contribution is -2.15. The molecule has 2 heterocycles. The number of pyridine rings is 1. The fourth-order valence-corrected chi connectivity index (χ4v) is 4.15. The largest absolute Gasteiger partial charge is 0.491 e. The predicted molar refractivity (Wildman–Crippen MR) is 146 cm³/mol. The third kappa shape index (κ3) is 5.88. The van der Waals surface area contributed by atoms with Gasteiger partial charge in [-0.15, -0.1) is 0 Å². The average molecular weight is 496 g/mol. The molecule has 0 saturated heterocycles. The van der Waals surface area contributed by atoms with Gasteiger partial charge in [-0.3, -0.25) is 9.55 Å². The van der Waals surface area contributed by atoms with E-state index in [1.165, 1.54) is 5.56 Å². The van der Waals surface area contributed by atoms with Gasteiger partial charge in [-0.25, -0.2) is 4.79 Å². The molecule has 0 atom stereocenters. The molecule has 0 fully saturated rings. The molecule has 0 radical (unpaired) electrons. The molecule has 0 saturated carbocycles. The van der Waals surface area contributed by atoms with E-state index < -0.39 is 0 Å². The topological polar surface area (TPSA) is 107 Å². The molecule has 0 aliphatic heterocycles. The van der Waals surface area contributed by atoms with Gasteiger partial charge in [0.05, 0.1) is 35.6 Å². The monoisotopic (exact) mass is 495 g/mol. The Bertz CT molecular complexity index is 1530. The van der Waals surface area contributed by atoms with Gasteiger partial charge in [0.25, 0.3) is 0 Å². The van der Waals surface area contributed by atoms with Gasteiger partial charge in [-0.2, -0.15) is 0 Å². The van der Waals surface area contributed by atoms with E-state index in [0.29, 0.717) is 44.3 Å². The number of nitrogens with zero attached hydrogens (tertiary/aromatic N) is 2. The number of fused-ring (bicyclic) bond motifs is 1. The number of imidazole rings is 1. The average Bonchev–Trinajstić information content (AvgIpc) is 3.27. The molecule has 0 bridgehead atoms. The van der Waals surface area contributed by atoms with Crippen molar-refractivity contribution >= 4 is 16.7 Å². The maximum Gasteiger partial charge on any atom is 0.331 e. The van der Waals surface area contributed by atoms with E-state index in [2.05, 4.69) is 33.5 Å². The molecular weight excluding hydrogens is 466 g/mol. The maximum atomic E-state index is 12.9. The summed E-state index contributed by atoms with van der Waals surface area (Å²) in [5, 5.41) is 3.43.